The van der Waals surface area contributed by atoms with E-state index in [2.05, 4.69) is 33.2 Å². The van der Waals surface area contributed by atoms with Gasteiger partial charge in [-0.2, -0.15) is 0 Å². The van der Waals surface area contributed by atoms with E-state index in [1.54, 1.807) is 13.8 Å². The number of hydrogen-bond donors (Lipinski definition) is 1. The summed E-state index contributed by atoms with van der Waals surface area (Å²) in [7, 11) is 0. The SMILES string of the molecule is Cc1nc(C)c(C(=O)NCCCC(C)CBr)o1. The van der Waals surface area contributed by atoms with Gasteiger partial charge in [-0.3, -0.25) is 4.79 Å². The molecule has 17 heavy (non-hydrogen) atoms. The molecule has 0 fully saturated rings. The molecule has 1 unspecified atom stereocenters. The number of rotatable bonds is 6. The Morgan fingerprint density at radius 3 is 2.76 bits per heavy atom. The van der Waals surface area contributed by atoms with Crippen LogP contribution in [0.3, 0.4) is 0 Å². The van der Waals surface area contributed by atoms with Crippen LogP contribution in [0.4, 0.5) is 0 Å². The number of aromatic nitrogens is 1. The first-order valence-corrected chi connectivity index (χ1v) is 6.95. The second kappa shape index (κ2) is 6.79. The number of amides is 1. The van der Waals surface area contributed by atoms with Crippen molar-refractivity contribution in [1.29, 1.82) is 0 Å². The van der Waals surface area contributed by atoms with E-state index < -0.39 is 0 Å². The summed E-state index contributed by atoms with van der Waals surface area (Å²) in [5.74, 6) is 1.33. The van der Waals surface area contributed by atoms with Gasteiger partial charge in [-0.25, -0.2) is 4.98 Å². The molecule has 0 saturated carbocycles. The van der Waals surface area contributed by atoms with Gasteiger partial charge >= 0.3 is 0 Å². The van der Waals surface area contributed by atoms with E-state index in [0.717, 1.165) is 18.2 Å². The van der Waals surface area contributed by atoms with Gasteiger partial charge in [-0.15, -0.1) is 0 Å². The molecule has 0 saturated heterocycles. The van der Waals surface area contributed by atoms with Gasteiger partial charge in [0.15, 0.2) is 5.89 Å². The highest BCUT2D eigenvalue weighted by Crippen LogP contribution is 2.10. The number of carbonyl (C=O) groups excluding carboxylic acids is 1. The van der Waals surface area contributed by atoms with Gasteiger partial charge in [0, 0.05) is 18.8 Å². The molecule has 96 valence electrons. The summed E-state index contributed by atoms with van der Waals surface area (Å²) in [6.07, 6.45) is 2.07. The molecule has 1 atom stereocenters. The Hall–Kier alpha value is -0.840. The lowest BCUT2D eigenvalue weighted by molar-refractivity contribution is 0.0922. The summed E-state index contributed by atoms with van der Waals surface area (Å²) in [4.78, 5) is 15.8. The van der Waals surface area contributed by atoms with E-state index in [0.29, 0.717) is 29.8 Å². The third-order valence-electron chi connectivity index (χ3n) is 2.53. The molecule has 1 aromatic rings. The minimum atomic E-state index is -0.172. The van der Waals surface area contributed by atoms with Crippen molar-refractivity contribution < 1.29 is 9.21 Å². The Kier molecular flexibility index (Phi) is 5.68. The highest BCUT2D eigenvalue weighted by atomic mass is 79.9. The molecule has 0 spiro atoms. The first-order chi connectivity index (χ1) is 8.04. The van der Waals surface area contributed by atoms with Crippen molar-refractivity contribution in [2.75, 3.05) is 11.9 Å². The predicted molar refractivity (Wildman–Crippen MR) is 70.5 cm³/mol. The number of nitrogens with one attached hydrogen (secondary N) is 1. The molecule has 0 aliphatic rings. The summed E-state index contributed by atoms with van der Waals surface area (Å²) in [5.41, 5.74) is 0.647. The zero-order chi connectivity index (χ0) is 12.8. The highest BCUT2D eigenvalue weighted by Gasteiger charge is 2.14. The fraction of sp³-hybridized carbons (Fsp3) is 0.667. The van der Waals surface area contributed by atoms with Gasteiger partial charge in [0.1, 0.15) is 0 Å². The molecular formula is C12H19BrN2O2. The van der Waals surface area contributed by atoms with E-state index in [1.165, 1.54) is 0 Å². The lowest BCUT2D eigenvalue weighted by Gasteiger charge is -2.07. The van der Waals surface area contributed by atoms with E-state index in [9.17, 15) is 4.79 Å². The molecule has 5 heteroatoms. The third-order valence-corrected chi connectivity index (χ3v) is 3.64. The van der Waals surface area contributed by atoms with Crippen LogP contribution in [0.25, 0.3) is 0 Å². The Balaban J connectivity index is 2.33. The molecule has 1 amide bonds. The average molecular weight is 303 g/mol. The topological polar surface area (TPSA) is 55.1 Å². The lowest BCUT2D eigenvalue weighted by atomic mass is 10.1. The molecule has 0 aromatic carbocycles. The van der Waals surface area contributed by atoms with Crippen LogP contribution in [-0.2, 0) is 0 Å². The number of nitrogens with zero attached hydrogens (tertiary/aromatic N) is 1. The molecular weight excluding hydrogens is 284 g/mol. The quantitative estimate of drug-likeness (QED) is 0.649. The van der Waals surface area contributed by atoms with E-state index in [4.69, 9.17) is 4.42 Å². The molecule has 1 N–H and O–H groups in total. The largest absolute Gasteiger partial charge is 0.436 e. The first kappa shape index (κ1) is 14.2. The second-order valence-electron chi connectivity index (χ2n) is 4.31. The normalized spacial score (nSPS) is 12.5. The van der Waals surface area contributed by atoms with Gasteiger partial charge in [0.05, 0.1) is 5.69 Å². The zero-order valence-electron chi connectivity index (χ0n) is 10.5. The fourth-order valence-electron chi connectivity index (χ4n) is 1.55. The van der Waals surface area contributed by atoms with Gasteiger partial charge in [-0.1, -0.05) is 22.9 Å². The number of halogens is 1. The molecule has 1 aromatic heterocycles. The Bertz CT molecular complexity index is 377. The second-order valence-corrected chi connectivity index (χ2v) is 4.95. The van der Waals surface area contributed by atoms with Crippen LogP contribution in [0.1, 0.15) is 41.9 Å². The Morgan fingerprint density at radius 1 is 1.53 bits per heavy atom. The summed E-state index contributed by atoms with van der Waals surface area (Å²) < 4.78 is 5.24. The summed E-state index contributed by atoms with van der Waals surface area (Å²) in [5, 5.41) is 3.85. The molecule has 0 radical (unpaired) electrons. The van der Waals surface area contributed by atoms with E-state index in [-0.39, 0.29) is 5.91 Å². The van der Waals surface area contributed by atoms with Crippen molar-refractivity contribution in [3.8, 4) is 0 Å². The fourth-order valence-corrected chi connectivity index (χ4v) is 1.88. The predicted octanol–water partition coefficient (Wildman–Crippen LogP) is 2.83. The number of hydrogen-bond acceptors (Lipinski definition) is 3. The van der Waals surface area contributed by atoms with Crippen molar-refractivity contribution in [1.82, 2.24) is 10.3 Å². The number of alkyl halides is 1. The maximum Gasteiger partial charge on any atom is 0.289 e. The zero-order valence-corrected chi connectivity index (χ0v) is 12.1. The van der Waals surface area contributed by atoms with Crippen LogP contribution in [0, 0.1) is 19.8 Å². The summed E-state index contributed by atoms with van der Waals surface area (Å²) in [6.45, 7) is 6.37. The van der Waals surface area contributed by atoms with Crippen LogP contribution in [0.15, 0.2) is 4.42 Å². The van der Waals surface area contributed by atoms with E-state index in [1.807, 2.05) is 0 Å². The van der Waals surface area contributed by atoms with Gasteiger partial charge in [0.2, 0.25) is 5.76 Å². The standard InChI is InChI=1S/C12H19BrN2O2/c1-8(7-13)5-4-6-14-12(16)11-9(2)15-10(3)17-11/h8H,4-7H2,1-3H3,(H,14,16). The number of carbonyl (C=O) groups is 1. The van der Waals surface area contributed by atoms with Crippen LogP contribution in [0.5, 0.6) is 0 Å². The summed E-state index contributed by atoms with van der Waals surface area (Å²) >= 11 is 3.43. The van der Waals surface area contributed by atoms with Crippen molar-refractivity contribution in [2.45, 2.75) is 33.6 Å². The van der Waals surface area contributed by atoms with Gasteiger partial charge < -0.3 is 9.73 Å². The molecule has 0 aliphatic carbocycles. The Labute approximate surface area is 110 Å². The molecule has 0 bridgehead atoms. The maximum absolute atomic E-state index is 11.7. The smallest absolute Gasteiger partial charge is 0.289 e. The van der Waals surface area contributed by atoms with Gasteiger partial charge in [0.25, 0.3) is 5.91 Å². The maximum atomic E-state index is 11.7. The molecule has 1 rings (SSSR count). The molecule has 1 heterocycles. The molecule has 4 nitrogen and oxygen atoms in total. The Morgan fingerprint density at radius 2 is 2.24 bits per heavy atom. The van der Waals surface area contributed by atoms with Crippen LogP contribution in [0.2, 0.25) is 0 Å². The number of oxazole rings is 1. The third kappa shape index (κ3) is 4.50. The van der Waals surface area contributed by atoms with Crippen LogP contribution >= 0.6 is 15.9 Å². The lowest BCUT2D eigenvalue weighted by Crippen LogP contribution is -2.25. The van der Waals surface area contributed by atoms with E-state index >= 15 is 0 Å². The minimum absolute atomic E-state index is 0.172. The van der Waals surface area contributed by atoms with Crippen molar-refractivity contribution in [3.05, 3.63) is 17.3 Å². The average Bonchev–Trinajstić information content (AvgIpc) is 2.63. The van der Waals surface area contributed by atoms with Crippen molar-refractivity contribution in [2.24, 2.45) is 5.92 Å². The highest BCUT2D eigenvalue weighted by molar-refractivity contribution is 9.09. The van der Waals surface area contributed by atoms with Crippen molar-refractivity contribution in [3.63, 3.8) is 0 Å². The van der Waals surface area contributed by atoms with Gasteiger partial charge in [-0.05, 0) is 25.7 Å². The van der Waals surface area contributed by atoms with Crippen LogP contribution < -0.4 is 5.32 Å². The molecule has 0 aliphatic heterocycles. The first-order valence-electron chi connectivity index (χ1n) is 5.82. The monoisotopic (exact) mass is 302 g/mol. The van der Waals surface area contributed by atoms with Crippen molar-refractivity contribution >= 4 is 21.8 Å². The van der Waals surface area contributed by atoms with Crippen LogP contribution in [-0.4, -0.2) is 22.8 Å². The minimum Gasteiger partial charge on any atom is -0.436 e. The summed E-state index contributed by atoms with van der Waals surface area (Å²) in [6, 6.07) is 0. The number of aryl methyl sites for hydroxylation is 2.